The Labute approximate surface area is 113 Å². The first kappa shape index (κ1) is 14.0. The number of hydrogen-bond donors (Lipinski definition) is 1. The molecule has 0 saturated carbocycles. The molecule has 0 aliphatic rings. The topological polar surface area (TPSA) is 120 Å². The zero-order valence-electron chi connectivity index (χ0n) is 10.1. The molecule has 106 valence electrons. The van der Waals surface area contributed by atoms with Crippen molar-refractivity contribution >= 4 is 15.8 Å². The van der Waals surface area contributed by atoms with Crippen LogP contribution in [0, 0.1) is 10.1 Å². The fraction of sp³-hybridized carbons (Fsp3) is 0.0909. The highest BCUT2D eigenvalue weighted by molar-refractivity contribution is 7.86. The Balaban J connectivity index is 2.81. The van der Waals surface area contributed by atoms with E-state index >= 15 is 0 Å². The predicted molar refractivity (Wildman–Crippen MR) is 67.2 cm³/mol. The van der Waals surface area contributed by atoms with Gasteiger partial charge in [-0.15, -0.1) is 0 Å². The molecule has 1 N–H and O–H groups in total. The first-order chi connectivity index (χ1) is 9.34. The van der Waals surface area contributed by atoms with Crippen molar-refractivity contribution in [3.63, 3.8) is 0 Å². The third-order valence-electron chi connectivity index (χ3n) is 2.54. The smallest absolute Gasteiger partial charge is 0.301 e. The fourth-order valence-corrected chi connectivity index (χ4v) is 2.36. The first-order valence-corrected chi connectivity index (χ1v) is 6.66. The van der Waals surface area contributed by atoms with E-state index in [1.807, 2.05) is 0 Å². The molecule has 0 bridgehead atoms. The van der Waals surface area contributed by atoms with Crippen molar-refractivity contribution in [3.05, 3.63) is 40.6 Å². The van der Waals surface area contributed by atoms with Crippen LogP contribution < -0.4 is 4.74 Å². The predicted octanol–water partition coefficient (Wildman–Crippen LogP) is 2.11. The molecule has 8 nitrogen and oxygen atoms in total. The number of ether oxygens (including phenoxy) is 1. The molecule has 0 radical (unpaired) electrons. The van der Waals surface area contributed by atoms with Crippen LogP contribution in [0.5, 0.6) is 5.75 Å². The summed E-state index contributed by atoms with van der Waals surface area (Å²) in [6, 6.07) is 4.94. The third kappa shape index (κ3) is 2.49. The van der Waals surface area contributed by atoms with Crippen LogP contribution in [-0.4, -0.2) is 25.0 Å². The van der Waals surface area contributed by atoms with Crippen LogP contribution in [0.4, 0.5) is 5.69 Å². The van der Waals surface area contributed by atoms with Gasteiger partial charge < -0.3 is 9.15 Å². The van der Waals surface area contributed by atoms with E-state index in [0.29, 0.717) is 0 Å². The number of benzene rings is 1. The SMILES string of the molecule is COc1cc([N+](=O)[O-])c(S(=O)(=O)O)cc1-c1ccco1. The minimum absolute atomic E-state index is 0.0547. The largest absolute Gasteiger partial charge is 0.496 e. The monoisotopic (exact) mass is 299 g/mol. The quantitative estimate of drug-likeness (QED) is 0.521. The molecule has 0 unspecified atom stereocenters. The van der Waals surface area contributed by atoms with Gasteiger partial charge in [0.25, 0.3) is 5.69 Å². The Bertz CT molecular complexity index is 749. The van der Waals surface area contributed by atoms with Gasteiger partial charge in [-0.25, -0.2) is 0 Å². The van der Waals surface area contributed by atoms with E-state index < -0.39 is 25.6 Å². The van der Waals surface area contributed by atoms with Gasteiger partial charge in [0.2, 0.25) is 0 Å². The molecule has 1 heterocycles. The van der Waals surface area contributed by atoms with Gasteiger partial charge in [-0.3, -0.25) is 14.7 Å². The number of nitro groups is 1. The summed E-state index contributed by atoms with van der Waals surface area (Å²) < 4.78 is 41.7. The molecule has 20 heavy (non-hydrogen) atoms. The summed E-state index contributed by atoms with van der Waals surface area (Å²) in [5.41, 5.74) is -0.601. The normalized spacial score (nSPS) is 11.3. The number of nitrogens with zero attached hydrogens (tertiary/aromatic N) is 1. The van der Waals surface area contributed by atoms with E-state index in [-0.39, 0.29) is 17.1 Å². The van der Waals surface area contributed by atoms with E-state index in [1.165, 1.54) is 19.4 Å². The van der Waals surface area contributed by atoms with E-state index in [1.54, 1.807) is 6.07 Å². The van der Waals surface area contributed by atoms with Crippen molar-refractivity contribution in [2.75, 3.05) is 7.11 Å². The van der Waals surface area contributed by atoms with Gasteiger partial charge in [0.15, 0.2) is 4.90 Å². The molecule has 0 aliphatic carbocycles. The number of methoxy groups -OCH3 is 1. The van der Waals surface area contributed by atoms with Crippen LogP contribution in [0.2, 0.25) is 0 Å². The minimum atomic E-state index is -4.76. The van der Waals surface area contributed by atoms with Crippen LogP contribution in [0.3, 0.4) is 0 Å². The zero-order valence-corrected chi connectivity index (χ0v) is 11.0. The molecule has 1 aromatic carbocycles. The van der Waals surface area contributed by atoms with E-state index in [0.717, 1.165) is 12.1 Å². The molecule has 0 fully saturated rings. The first-order valence-electron chi connectivity index (χ1n) is 5.22. The average Bonchev–Trinajstić information content (AvgIpc) is 2.89. The van der Waals surface area contributed by atoms with Gasteiger partial charge in [0.05, 0.1) is 29.9 Å². The second-order valence-electron chi connectivity index (χ2n) is 3.73. The maximum atomic E-state index is 11.3. The van der Waals surface area contributed by atoms with Crippen molar-refractivity contribution in [1.82, 2.24) is 0 Å². The van der Waals surface area contributed by atoms with Crippen LogP contribution >= 0.6 is 0 Å². The highest BCUT2D eigenvalue weighted by Crippen LogP contribution is 2.37. The highest BCUT2D eigenvalue weighted by atomic mass is 32.2. The van der Waals surface area contributed by atoms with Crippen molar-refractivity contribution in [2.24, 2.45) is 0 Å². The number of rotatable bonds is 4. The molecular formula is C11H9NO7S. The van der Waals surface area contributed by atoms with Gasteiger partial charge in [-0.05, 0) is 18.2 Å². The Morgan fingerprint density at radius 1 is 1.40 bits per heavy atom. The van der Waals surface area contributed by atoms with E-state index in [9.17, 15) is 18.5 Å². The molecule has 0 amide bonds. The lowest BCUT2D eigenvalue weighted by Crippen LogP contribution is -2.04. The maximum absolute atomic E-state index is 11.3. The maximum Gasteiger partial charge on any atom is 0.301 e. The van der Waals surface area contributed by atoms with Gasteiger partial charge in [0, 0.05) is 0 Å². The minimum Gasteiger partial charge on any atom is -0.496 e. The summed E-state index contributed by atoms with van der Waals surface area (Å²) >= 11 is 0. The van der Waals surface area contributed by atoms with E-state index in [2.05, 4.69) is 0 Å². The zero-order chi connectivity index (χ0) is 14.9. The van der Waals surface area contributed by atoms with Gasteiger partial charge in [-0.2, -0.15) is 8.42 Å². The summed E-state index contributed by atoms with van der Waals surface area (Å²) in [5, 5.41) is 10.9. The van der Waals surface area contributed by atoms with Crippen molar-refractivity contribution in [3.8, 4) is 17.1 Å². The van der Waals surface area contributed by atoms with Crippen LogP contribution in [0.25, 0.3) is 11.3 Å². The van der Waals surface area contributed by atoms with Crippen molar-refractivity contribution in [1.29, 1.82) is 0 Å². The molecule has 0 spiro atoms. The molecule has 2 rings (SSSR count). The highest BCUT2D eigenvalue weighted by Gasteiger charge is 2.28. The summed E-state index contributed by atoms with van der Waals surface area (Å²) in [7, 11) is -3.48. The Morgan fingerprint density at radius 2 is 2.10 bits per heavy atom. The average molecular weight is 299 g/mol. The summed E-state index contributed by atoms with van der Waals surface area (Å²) in [5.74, 6) is 0.306. The van der Waals surface area contributed by atoms with Crippen LogP contribution in [-0.2, 0) is 10.1 Å². The molecule has 0 saturated heterocycles. The lowest BCUT2D eigenvalue weighted by atomic mass is 10.1. The van der Waals surface area contributed by atoms with Gasteiger partial charge >= 0.3 is 10.1 Å². The lowest BCUT2D eigenvalue weighted by molar-refractivity contribution is -0.387. The van der Waals surface area contributed by atoms with Crippen molar-refractivity contribution < 1.29 is 27.0 Å². The molecule has 1 aromatic heterocycles. The molecular weight excluding hydrogens is 290 g/mol. The summed E-state index contributed by atoms with van der Waals surface area (Å²) in [6.45, 7) is 0. The number of nitro benzene ring substituents is 1. The molecule has 9 heteroatoms. The van der Waals surface area contributed by atoms with Crippen molar-refractivity contribution in [2.45, 2.75) is 4.90 Å². The van der Waals surface area contributed by atoms with Crippen LogP contribution in [0.1, 0.15) is 0 Å². The number of hydrogen-bond acceptors (Lipinski definition) is 6. The standard InChI is InChI=1S/C11H9NO7S/c1-18-10-6-8(12(13)14)11(20(15,16)17)5-7(10)9-3-2-4-19-9/h2-6H,1H3,(H,15,16,17). The number of furan rings is 1. The van der Waals surface area contributed by atoms with E-state index in [4.69, 9.17) is 13.7 Å². The van der Waals surface area contributed by atoms with Crippen LogP contribution in [0.15, 0.2) is 39.8 Å². The molecule has 0 aliphatic heterocycles. The van der Waals surface area contributed by atoms with Gasteiger partial charge in [-0.1, -0.05) is 0 Å². The summed E-state index contributed by atoms with van der Waals surface area (Å²) in [6.07, 6.45) is 1.35. The summed E-state index contributed by atoms with van der Waals surface area (Å²) in [4.78, 5) is 9.14. The Morgan fingerprint density at radius 3 is 2.55 bits per heavy atom. The third-order valence-corrected chi connectivity index (χ3v) is 3.43. The Kier molecular flexibility index (Phi) is 3.47. The Hall–Kier alpha value is -2.39. The molecule has 2 aromatic rings. The molecule has 0 atom stereocenters. The second kappa shape index (κ2) is 4.94. The lowest BCUT2D eigenvalue weighted by Gasteiger charge is -2.08. The second-order valence-corrected chi connectivity index (χ2v) is 5.12. The van der Waals surface area contributed by atoms with Gasteiger partial charge in [0.1, 0.15) is 11.5 Å². The fourth-order valence-electron chi connectivity index (χ4n) is 1.69.